The lowest BCUT2D eigenvalue weighted by molar-refractivity contribution is 0.619. The fourth-order valence-corrected chi connectivity index (χ4v) is 2.41. The average Bonchev–Trinajstić information content (AvgIpc) is 2.87. The molecule has 2 aromatic rings. The predicted octanol–water partition coefficient (Wildman–Crippen LogP) is 3.71. The summed E-state index contributed by atoms with van der Waals surface area (Å²) in [5.74, 6) is 0. The predicted molar refractivity (Wildman–Crippen MR) is 83.5 cm³/mol. The maximum atomic E-state index is 9.13. The summed E-state index contributed by atoms with van der Waals surface area (Å²) in [7, 11) is 0. The van der Waals surface area contributed by atoms with Gasteiger partial charge in [0.1, 0.15) is 6.07 Å². The van der Waals surface area contributed by atoms with Crippen LogP contribution in [-0.4, -0.2) is 9.78 Å². The van der Waals surface area contributed by atoms with Crippen molar-refractivity contribution in [2.75, 3.05) is 5.32 Å². The Labute approximate surface area is 127 Å². The monoisotopic (exact) mass is 332 g/mol. The topological polar surface area (TPSA) is 53.6 Å². The minimum atomic E-state index is 0.645. The summed E-state index contributed by atoms with van der Waals surface area (Å²) in [4.78, 5) is 0. The Morgan fingerprint density at radius 3 is 2.80 bits per heavy atom. The van der Waals surface area contributed by atoms with Crippen LogP contribution in [0.3, 0.4) is 0 Å². The molecule has 5 heteroatoms. The van der Waals surface area contributed by atoms with Crippen molar-refractivity contribution in [3.63, 3.8) is 0 Å². The van der Waals surface area contributed by atoms with Gasteiger partial charge in [-0.2, -0.15) is 10.4 Å². The molecule has 104 valence electrons. The Morgan fingerprint density at radius 2 is 2.15 bits per heavy atom. The molecular formula is C15H17BrN4. The third-order valence-electron chi connectivity index (χ3n) is 3.14. The van der Waals surface area contributed by atoms with Gasteiger partial charge in [-0.25, -0.2) is 0 Å². The molecule has 20 heavy (non-hydrogen) atoms. The highest BCUT2D eigenvalue weighted by molar-refractivity contribution is 9.10. The summed E-state index contributed by atoms with van der Waals surface area (Å²) >= 11 is 3.43. The molecule has 1 aromatic heterocycles. The van der Waals surface area contributed by atoms with Crippen LogP contribution in [0.1, 0.15) is 30.8 Å². The van der Waals surface area contributed by atoms with Crippen LogP contribution in [0.25, 0.3) is 0 Å². The summed E-state index contributed by atoms with van der Waals surface area (Å²) in [6.45, 7) is 5.68. The van der Waals surface area contributed by atoms with Crippen molar-refractivity contribution in [3.8, 4) is 6.07 Å². The van der Waals surface area contributed by atoms with Crippen molar-refractivity contribution in [2.24, 2.45) is 0 Å². The SMILES string of the molecule is CCc1cc(CNc2cc(Br)ccc2C#N)n(CC)n1. The molecule has 2 rings (SSSR count). The van der Waals surface area contributed by atoms with E-state index < -0.39 is 0 Å². The Hall–Kier alpha value is -1.80. The first-order valence-electron chi connectivity index (χ1n) is 6.67. The van der Waals surface area contributed by atoms with Gasteiger partial charge in [-0.1, -0.05) is 22.9 Å². The Bertz CT molecular complexity index is 640. The number of nitriles is 1. The zero-order valence-corrected chi connectivity index (χ0v) is 13.2. The Morgan fingerprint density at radius 1 is 1.35 bits per heavy atom. The third kappa shape index (κ3) is 3.20. The summed E-state index contributed by atoms with van der Waals surface area (Å²) in [5, 5.41) is 17.0. The number of hydrogen-bond acceptors (Lipinski definition) is 3. The minimum Gasteiger partial charge on any atom is -0.378 e. The number of halogens is 1. The molecule has 1 heterocycles. The van der Waals surface area contributed by atoms with E-state index in [9.17, 15) is 0 Å². The second-order valence-corrected chi connectivity index (χ2v) is 5.37. The molecule has 0 unspecified atom stereocenters. The van der Waals surface area contributed by atoms with Crippen molar-refractivity contribution >= 4 is 21.6 Å². The van der Waals surface area contributed by atoms with Crippen molar-refractivity contribution in [2.45, 2.75) is 33.4 Å². The molecule has 1 N–H and O–H groups in total. The largest absolute Gasteiger partial charge is 0.378 e. The van der Waals surface area contributed by atoms with Crippen molar-refractivity contribution < 1.29 is 0 Å². The first-order chi connectivity index (χ1) is 9.67. The van der Waals surface area contributed by atoms with Crippen molar-refractivity contribution in [3.05, 3.63) is 45.7 Å². The van der Waals surface area contributed by atoms with Crippen molar-refractivity contribution in [1.29, 1.82) is 5.26 Å². The number of benzene rings is 1. The maximum absolute atomic E-state index is 9.13. The molecule has 0 aliphatic rings. The molecule has 0 amide bonds. The average molecular weight is 333 g/mol. The van der Waals surface area contributed by atoms with E-state index in [2.05, 4.69) is 52.3 Å². The fourth-order valence-electron chi connectivity index (χ4n) is 2.05. The molecule has 0 bridgehead atoms. The fraction of sp³-hybridized carbons (Fsp3) is 0.333. The van der Waals surface area contributed by atoms with Crippen LogP contribution in [0.15, 0.2) is 28.7 Å². The number of nitrogens with one attached hydrogen (secondary N) is 1. The van der Waals surface area contributed by atoms with Crippen LogP contribution in [-0.2, 0) is 19.5 Å². The van der Waals surface area contributed by atoms with Gasteiger partial charge in [0.05, 0.1) is 29.2 Å². The quantitative estimate of drug-likeness (QED) is 0.907. The van der Waals surface area contributed by atoms with Crippen LogP contribution >= 0.6 is 15.9 Å². The zero-order chi connectivity index (χ0) is 14.5. The number of rotatable bonds is 5. The van der Waals surface area contributed by atoms with Gasteiger partial charge < -0.3 is 5.32 Å². The van der Waals surface area contributed by atoms with Crippen LogP contribution in [0.2, 0.25) is 0 Å². The van der Waals surface area contributed by atoms with Gasteiger partial charge in [0.25, 0.3) is 0 Å². The molecule has 1 aromatic carbocycles. The van der Waals surface area contributed by atoms with Crippen LogP contribution < -0.4 is 5.32 Å². The van der Waals surface area contributed by atoms with Crippen LogP contribution in [0.4, 0.5) is 5.69 Å². The van der Waals surface area contributed by atoms with Gasteiger partial charge in [0.2, 0.25) is 0 Å². The summed E-state index contributed by atoms with van der Waals surface area (Å²) < 4.78 is 2.95. The van der Waals surface area contributed by atoms with E-state index in [-0.39, 0.29) is 0 Å². The van der Waals surface area contributed by atoms with Crippen LogP contribution in [0, 0.1) is 11.3 Å². The maximum Gasteiger partial charge on any atom is 0.101 e. The van der Waals surface area contributed by atoms with E-state index in [1.807, 2.05) is 16.8 Å². The third-order valence-corrected chi connectivity index (χ3v) is 3.63. The Kier molecular flexibility index (Phi) is 4.80. The molecule has 0 saturated heterocycles. The van der Waals surface area contributed by atoms with E-state index in [0.717, 1.165) is 34.5 Å². The first kappa shape index (κ1) is 14.6. The molecule has 0 aliphatic heterocycles. The van der Waals surface area contributed by atoms with E-state index in [1.165, 1.54) is 0 Å². The number of hydrogen-bond donors (Lipinski definition) is 1. The summed E-state index contributed by atoms with van der Waals surface area (Å²) in [6.07, 6.45) is 0.931. The van der Waals surface area contributed by atoms with Gasteiger partial charge in [0, 0.05) is 11.0 Å². The second kappa shape index (κ2) is 6.58. The molecule has 0 atom stereocenters. The normalized spacial score (nSPS) is 10.3. The number of aryl methyl sites for hydroxylation is 2. The first-order valence-corrected chi connectivity index (χ1v) is 7.46. The number of anilines is 1. The minimum absolute atomic E-state index is 0.645. The van der Waals surface area contributed by atoms with Crippen molar-refractivity contribution in [1.82, 2.24) is 9.78 Å². The van der Waals surface area contributed by atoms with E-state index in [0.29, 0.717) is 12.1 Å². The lowest BCUT2D eigenvalue weighted by atomic mass is 10.2. The van der Waals surface area contributed by atoms with Gasteiger partial charge >= 0.3 is 0 Å². The van der Waals surface area contributed by atoms with Gasteiger partial charge in [-0.15, -0.1) is 0 Å². The van der Waals surface area contributed by atoms with Gasteiger partial charge in [0.15, 0.2) is 0 Å². The molecule has 4 nitrogen and oxygen atoms in total. The molecule has 0 saturated carbocycles. The zero-order valence-electron chi connectivity index (χ0n) is 11.7. The highest BCUT2D eigenvalue weighted by Crippen LogP contribution is 2.21. The van der Waals surface area contributed by atoms with E-state index in [4.69, 9.17) is 5.26 Å². The van der Waals surface area contributed by atoms with Gasteiger partial charge in [-0.05, 0) is 37.6 Å². The summed E-state index contributed by atoms with van der Waals surface area (Å²) in [5.41, 5.74) is 3.71. The highest BCUT2D eigenvalue weighted by atomic mass is 79.9. The standard InChI is InChI=1S/C15H17BrN4/c1-3-13-8-14(20(4-2)19-13)10-18-15-7-12(16)6-5-11(15)9-17/h5-8,18H,3-4,10H2,1-2H3. The summed E-state index contributed by atoms with van der Waals surface area (Å²) in [6, 6.07) is 9.91. The molecule has 0 radical (unpaired) electrons. The lowest BCUT2D eigenvalue weighted by Gasteiger charge is -2.09. The number of aromatic nitrogens is 2. The molecule has 0 aliphatic carbocycles. The number of nitrogens with zero attached hydrogens (tertiary/aromatic N) is 3. The highest BCUT2D eigenvalue weighted by Gasteiger charge is 2.07. The molecule has 0 fully saturated rings. The molecule has 0 spiro atoms. The lowest BCUT2D eigenvalue weighted by Crippen LogP contribution is -2.08. The van der Waals surface area contributed by atoms with Crippen LogP contribution in [0.5, 0.6) is 0 Å². The Balaban J connectivity index is 2.18. The molecular weight excluding hydrogens is 316 g/mol. The second-order valence-electron chi connectivity index (χ2n) is 4.45. The van der Waals surface area contributed by atoms with E-state index >= 15 is 0 Å². The van der Waals surface area contributed by atoms with E-state index in [1.54, 1.807) is 6.07 Å². The smallest absolute Gasteiger partial charge is 0.101 e. The van der Waals surface area contributed by atoms with Gasteiger partial charge in [-0.3, -0.25) is 4.68 Å².